The van der Waals surface area contributed by atoms with E-state index in [-0.39, 0.29) is 11.9 Å². The van der Waals surface area contributed by atoms with Crippen LogP contribution in [-0.4, -0.2) is 6.54 Å². The Bertz CT molecular complexity index is 376. The summed E-state index contributed by atoms with van der Waals surface area (Å²) in [6.45, 7) is 8.76. The molecule has 1 aromatic carbocycles. The topological polar surface area (TPSA) is 12.0 Å². The van der Waals surface area contributed by atoms with Crippen molar-refractivity contribution < 1.29 is 4.39 Å². The van der Waals surface area contributed by atoms with Gasteiger partial charge in [0.2, 0.25) is 0 Å². The highest BCUT2D eigenvalue weighted by atomic mass is 79.9. The van der Waals surface area contributed by atoms with Gasteiger partial charge in [-0.3, -0.25) is 0 Å². The fourth-order valence-electron chi connectivity index (χ4n) is 1.58. The third-order valence-electron chi connectivity index (χ3n) is 2.38. The maximum Gasteiger partial charge on any atom is 0.142 e. The number of benzene rings is 1. The molecule has 1 aromatic rings. The number of hydrogen-bond acceptors (Lipinski definition) is 1. The van der Waals surface area contributed by atoms with Crippen LogP contribution >= 0.6 is 15.9 Å². The van der Waals surface area contributed by atoms with Gasteiger partial charge in [0, 0.05) is 5.56 Å². The Morgan fingerprint density at radius 2 is 2.25 bits per heavy atom. The van der Waals surface area contributed by atoms with Crippen molar-refractivity contribution in [2.75, 3.05) is 6.54 Å². The van der Waals surface area contributed by atoms with Gasteiger partial charge in [-0.1, -0.05) is 31.2 Å². The average Bonchev–Trinajstić information content (AvgIpc) is 2.24. The van der Waals surface area contributed by atoms with Crippen molar-refractivity contribution >= 4 is 15.9 Å². The SMILES string of the molecule is C=C(C)C(NCCC)c1cccc(Br)c1F. The van der Waals surface area contributed by atoms with Crippen LogP contribution in [0, 0.1) is 5.82 Å². The second-order valence-corrected chi connectivity index (χ2v) is 4.73. The number of hydrogen-bond donors (Lipinski definition) is 1. The largest absolute Gasteiger partial charge is 0.306 e. The molecule has 1 atom stereocenters. The highest BCUT2D eigenvalue weighted by Crippen LogP contribution is 2.27. The molecular formula is C13H17BrFN. The van der Waals surface area contributed by atoms with Crippen LogP contribution in [0.4, 0.5) is 4.39 Å². The Kier molecular flexibility index (Phi) is 5.16. The van der Waals surface area contributed by atoms with Gasteiger partial charge in [-0.2, -0.15) is 0 Å². The first kappa shape index (κ1) is 13.4. The number of nitrogens with one attached hydrogen (secondary N) is 1. The van der Waals surface area contributed by atoms with Crippen LogP contribution in [0.25, 0.3) is 0 Å². The van der Waals surface area contributed by atoms with Crippen LogP contribution in [0.1, 0.15) is 31.9 Å². The molecule has 16 heavy (non-hydrogen) atoms. The van der Waals surface area contributed by atoms with Crippen molar-refractivity contribution in [3.63, 3.8) is 0 Å². The number of halogens is 2. The lowest BCUT2D eigenvalue weighted by atomic mass is 10.0. The fourth-order valence-corrected chi connectivity index (χ4v) is 1.96. The van der Waals surface area contributed by atoms with Gasteiger partial charge in [0.05, 0.1) is 10.5 Å². The van der Waals surface area contributed by atoms with Gasteiger partial charge in [-0.05, 0) is 41.9 Å². The van der Waals surface area contributed by atoms with E-state index >= 15 is 0 Å². The predicted molar refractivity (Wildman–Crippen MR) is 69.9 cm³/mol. The van der Waals surface area contributed by atoms with Crippen molar-refractivity contribution in [2.45, 2.75) is 26.3 Å². The van der Waals surface area contributed by atoms with Gasteiger partial charge in [0.25, 0.3) is 0 Å². The third-order valence-corrected chi connectivity index (χ3v) is 3.00. The summed E-state index contributed by atoms with van der Waals surface area (Å²) in [6, 6.07) is 5.22. The van der Waals surface area contributed by atoms with Crippen molar-refractivity contribution in [3.05, 3.63) is 46.2 Å². The first-order valence-corrected chi connectivity index (χ1v) is 6.20. The highest BCUT2D eigenvalue weighted by Gasteiger charge is 2.16. The summed E-state index contributed by atoms with van der Waals surface area (Å²) >= 11 is 3.20. The summed E-state index contributed by atoms with van der Waals surface area (Å²) in [5, 5.41) is 3.29. The molecule has 0 amide bonds. The van der Waals surface area contributed by atoms with E-state index in [0.717, 1.165) is 18.5 Å². The number of rotatable bonds is 5. The zero-order chi connectivity index (χ0) is 12.1. The quantitative estimate of drug-likeness (QED) is 0.800. The molecule has 88 valence electrons. The van der Waals surface area contributed by atoms with E-state index in [9.17, 15) is 4.39 Å². The van der Waals surface area contributed by atoms with Crippen molar-refractivity contribution in [3.8, 4) is 0 Å². The first-order chi connectivity index (χ1) is 7.57. The summed E-state index contributed by atoms with van der Waals surface area (Å²) < 4.78 is 14.4. The molecule has 0 saturated heterocycles. The van der Waals surface area contributed by atoms with Gasteiger partial charge in [-0.15, -0.1) is 0 Å². The Morgan fingerprint density at radius 1 is 1.56 bits per heavy atom. The molecule has 1 nitrogen and oxygen atoms in total. The van der Waals surface area contributed by atoms with Crippen LogP contribution in [0.5, 0.6) is 0 Å². The van der Waals surface area contributed by atoms with E-state index in [0.29, 0.717) is 10.0 Å². The third kappa shape index (κ3) is 3.16. The van der Waals surface area contributed by atoms with E-state index in [1.54, 1.807) is 12.1 Å². The Balaban J connectivity index is 3.01. The molecule has 0 aromatic heterocycles. The lowest BCUT2D eigenvalue weighted by Gasteiger charge is -2.20. The van der Waals surface area contributed by atoms with Crippen LogP contribution < -0.4 is 5.32 Å². The first-order valence-electron chi connectivity index (χ1n) is 5.40. The molecule has 0 radical (unpaired) electrons. The zero-order valence-electron chi connectivity index (χ0n) is 9.69. The molecule has 0 aliphatic rings. The summed E-state index contributed by atoms with van der Waals surface area (Å²) in [5.41, 5.74) is 1.57. The Labute approximate surface area is 105 Å². The molecule has 1 rings (SSSR count). The molecule has 0 fully saturated rings. The second-order valence-electron chi connectivity index (χ2n) is 3.88. The second kappa shape index (κ2) is 6.16. The summed E-state index contributed by atoms with van der Waals surface area (Å²) in [4.78, 5) is 0. The van der Waals surface area contributed by atoms with Gasteiger partial charge in [0.15, 0.2) is 0 Å². The van der Waals surface area contributed by atoms with Gasteiger partial charge in [0.1, 0.15) is 5.82 Å². The van der Waals surface area contributed by atoms with E-state index in [2.05, 4.69) is 34.7 Å². The molecule has 0 aliphatic heterocycles. The van der Waals surface area contributed by atoms with Crippen molar-refractivity contribution in [2.24, 2.45) is 0 Å². The normalized spacial score (nSPS) is 12.5. The molecule has 0 saturated carbocycles. The molecule has 0 spiro atoms. The molecule has 0 aliphatic carbocycles. The van der Waals surface area contributed by atoms with E-state index in [1.807, 2.05) is 13.0 Å². The van der Waals surface area contributed by atoms with Gasteiger partial charge >= 0.3 is 0 Å². The van der Waals surface area contributed by atoms with Crippen LogP contribution in [-0.2, 0) is 0 Å². The smallest absolute Gasteiger partial charge is 0.142 e. The minimum atomic E-state index is -0.209. The summed E-state index contributed by atoms with van der Waals surface area (Å²) in [5.74, 6) is -0.209. The zero-order valence-corrected chi connectivity index (χ0v) is 11.3. The highest BCUT2D eigenvalue weighted by molar-refractivity contribution is 9.10. The molecule has 0 heterocycles. The van der Waals surface area contributed by atoms with Gasteiger partial charge < -0.3 is 5.32 Å². The lowest BCUT2D eigenvalue weighted by molar-refractivity contribution is 0.539. The van der Waals surface area contributed by atoms with Crippen LogP contribution in [0.3, 0.4) is 0 Å². The molecule has 1 unspecified atom stereocenters. The Hall–Kier alpha value is -0.670. The molecule has 1 N–H and O–H groups in total. The van der Waals surface area contributed by atoms with Crippen molar-refractivity contribution in [1.29, 1.82) is 0 Å². The fraction of sp³-hybridized carbons (Fsp3) is 0.385. The van der Waals surface area contributed by atoms with Gasteiger partial charge in [-0.25, -0.2) is 4.39 Å². The van der Waals surface area contributed by atoms with Crippen LogP contribution in [0.15, 0.2) is 34.8 Å². The predicted octanol–water partition coefficient (Wildman–Crippen LogP) is 4.21. The average molecular weight is 286 g/mol. The Morgan fingerprint density at radius 3 is 2.81 bits per heavy atom. The lowest BCUT2D eigenvalue weighted by Crippen LogP contribution is -2.23. The maximum absolute atomic E-state index is 13.9. The molecular weight excluding hydrogens is 269 g/mol. The monoisotopic (exact) mass is 285 g/mol. The minimum Gasteiger partial charge on any atom is -0.306 e. The maximum atomic E-state index is 13.9. The van der Waals surface area contributed by atoms with E-state index < -0.39 is 0 Å². The molecule has 3 heteroatoms. The van der Waals surface area contributed by atoms with Crippen molar-refractivity contribution in [1.82, 2.24) is 5.32 Å². The minimum absolute atomic E-state index is 0.113. The molecule has 0 bridgehead atoms. The van der Waals surface area contributed by atoms with Crippen LogP contribution in [0.2, 0.25) is 0 Å². The summed E-state index contributed by atoms with van der Waals surface area (Å²) in [7, 11) is 0. The summed E-state index contributed by atoms with van der Waals surface area (Å²) in [6.07, 6.45) is 1.01. The standard InChI is InChI=1S/C13H17BrFN/c1-4-8-16-13(9(2)3)10-6-5-7-11(14)12(10)15/h5-7,13,16H,2,4,8H2,1,3H3. The van der Waals surface area contributed by atoms with E-state index in [4.69, 9.17) is 0 Å². The van der Waals surface area contributed by atoms with E-state index in [1.165, 1.54) is 0 Å².